The Kier molecular flexibility index (Phi) is 10.7. The lowest BCUT2D eigenvalue weighted by Gasteiger charge is -2.39. The van der Waals surface area contributed by atoms with Crippen LogP contribution in [0, 0.1) is 0 Å². The number of hydrogen-bond donors (Lipinski definition) is 0. The Labute approximate surface area is 316 Å². The summed E-state index contributed by atoms with van der Waals surface area (Å²) in [5, 5.41) is 2.28. The number of rotatable bonds is 14. The number of fused-ring (bicyclic) bond motifs is 4. The second kappa shape index (κ2) is 15.4. The normalized spacial score (nSPS) is 18.3. The first-order chi connectivity index (χ1) is 25.8. The van der Waals surface area contributed by atoms with Crippen molar-refractivity contribution in [2.24, 2.45) is 0 Å². The zero-order valence-corrected chi connectivity index (χ0v) is 33.0. The average Bonchev–Trinajstić information content (AvgIpc) is 3.17. The number of nitrogens with zero attached hydrogens (tertiary/aromatic N) is 2. The smallest absolute Gasteiger partial charge is 0.224 e. The highest BCUT2D eigenvalue weighted by molar-refractivity contribution is 8.05. The molecule has 3 aromatic carbocycles. The van der Waals surface area contributed by atoms with Crippen molar-refractivity contribution in [1.29, 1.82) is 0 Å². The molecule has 0 radical (unpaired) electrons. The highest BCUT2D eigenvalue weighted by atomic mass is 32.3. The number of unbranched alkanes of at least 4 members (excludes halogenated alkanes) is 4. The van der Waals surface area contributed by atoms with Gasteiger partial charge in [0.2, 0.25) is 9.94 Å². The van der Waals surface area contributed by atoms with Crippen LogP contribution in [0.4, 0.5) is 5.69 Å². The van der Waals surface area contributed by atoms with E-state index in [1.807, 2.05) is 19.1 Å². The summed E-state index contributed by atoms with van der Waals surface area (Å²) in [6.45, 7) is 8.34. The largest absolute Gasteiger partial charge is 0.455 e. The predicted octanol–water partition coefficient (Wildman–Crippen LogP) is 6.11. The molecule has 8 rings (SSSR count). The molecule has 0 saturated carbocycles. The molecule has 0 fully saturated rings. The number of hydrogen-bond acceptors (Lipinski definition) is 7. The maximum atomic E-state index is 14.9. The molecular weight excluding hydrogens is 705 g/mol. The molecule has 0 aromatic heterocycles. The molecule has 2 atom stereocenters. The van der Waals surface area contributed by atoms with Crippen molar-refractivity contribution >= 4 is 38.0 Å². The van der Waals surface area contributed by atoms with E-state index in [1.54, 1.807) is 12.1 Å². The first kappa shape index (κ1) is 36.6. The molecule has 10 heteroatoms. The van der Waals surface area contributed by atoms with Crippen molar-refractivity contribution in [2.75, 3.05) is 43.4 Å². The molecule has 5 aliphatic heterocycles. The molecule has 3 aromatic rings. The van der Waals surface area contributed by atoms with Crippen molar-refractivity contribution in [3.8, 4) is 11.5 Å². The van der Waals surface area contributed by atoms with Crippen LogP contribution in [0.2, 0.25) is 0 Å². The van der Waals surface area contributed by atoms with Gasteiger partial charge in [-0.3, -0.25) is 8.98 Å². The van der Waals surface area contributed by atoms with Gasteiger partial charge in [-0.25, -0.2) is 17.2 Å². The van der Waals surface area contributed by atoms with Crippen LogP contribution in [0.25, 0.3) is 5.57 Å². The Balaban J connectivity index is 1.35. The van der Waals surface area contributed by atoms with E-state index in [1.165, 1.54) is 33.3 Å². The quantitative estimate of drug-likeness (QED) is 0.0872. The number of ketones is 1. The number of sulfone groups is 1. The lowest BCUT2D eigenvalue weighted by molar-refractivity contribution is 0.100. The maximum Gasteiger partial charge on any atom is 0.224 e. The number of Topliss-reactive ketones (excluding diaryl/α,β-unsaturated/α-hetero) is 1. The third-order valence-electron chi connectivity index (χ3n) is 11.8. The van der Waals surface area contributed by atoms with E-state index < -0.39 is 31.3 Å². The van der Waals surface area contributed by atoms with Gasteiger partial charge in [0, 0.05) is 64.7 Å². The van der Waals surface area contributed by atoms with Crippen LogP contribution in [0.3, 0.4) is 0 Å². The van der Waals surface area contributed by atoms with Gasteiger partial charge in [0.15, 0.2) is 26.7 Å². The minimum absolute atomic E-state index is 0.145. The van der Waals surface area contributed by atoms with Crippen LogP contribution in [-0.2, 0) is 50.8 Å². The standard InChI is InChI=1S/C43H53N2O6S2/c1-3-5-7-10-25-50-52(47)43(53(48,49)26-6-4-2)40(46)32-18-9-8-17-31(32)37-35-27-29-15-11-21-44-23-13-19-33(38(29)44)41(35)51-42-34-20-14-24-45-22-12-16-30(39(34)45)28-36(37)42/h8-9,17-18,27-28,43H,3-7,10-16,19-26H2,1-2H3/q+1. The van der Waals surface area contributed by atoms with Gasteiger partial charge in [-0.05, 0) is 74.6 Å². The maximum absolute atomic E-state index is 14.9. The number of anilines is 1. The summed E-state index contributed by atoms with van der Waals surface area (Å²) in [7, 11) is -4.11. The van der Waals surface area contributed by atoms with Gasteiger partial charge in [-0.15, -0.1) is 0 Å². The minimum Gasteiger partial charge on any atom is -0.455 e. The molecule has 0 aliphatic carbocycles. The second-order valence-corrected chi connectivity index (χ2v) is 19.2. The van der Waals surface area contributed by atoms with E-state index in [-0.39, 0.29) is 17.9 Å². The number of aryl methyl sites for hydroxylation is 2. The molecule has 5 aliphatic rings. The average molecular weight is 758 g/mol. The van der Waals surface area contributed by atoms with E-state index >= 15 is 0 Å². The third-order valence-corrected chi connectivity index (χ3v) is 15.9. The van der Waals surface area contributed by atoms with Crippen molar-refractivity contribution in [3.63, 3.8) is 0 Å². The van der Waals surface area contributed by atoms with Gasteiger partial charge in [0.25, 0.3) is 0 Å². The molecule has 8 nitrogen and oxygen atoms in total. The highest BCUT2D eigenvalue weighted by Gasteiger charge is 2.42. The van der Waals surface area contributed by atoms with Crippen LogP contribution in [0.5, 0.6) is 11.5 Å². The number of carbonyl (C=O) groups excluding carboxylic acids is 1. The third kappa shape index (κ3) is 6.71. The van der Waals surface area contributed by atoms with Crippen LogP contribution < -0.4 is 24.8 Å². The van der Waals surface area contributed by atoms with E-state index in [0.29, 0.717) is 24.8 Å². The van der Waals surface area contributed by atoms with Crippen LogP contribution in [0.15, 0.2) is 36.4 Å². The summed E-state index contributed by atoms with van der Waals surface area (Å²) in [6, 6.07) is 11.9. The molecule has 5 heterocycles. The first-order valence-corrected chi connectivity index (χ1v) is 23.0. The Morgan fingerprint density at radius 1 is 0.868 bits per heavy atom. The fraction of sp³-hybridized carbons (Fsp3) is 0.535. The van der Waals surface area contributed by atoms with Gasteiger partial charge in [0.1, 0.15) is 24.6 Å². The van der Waals surface area contributed by atoms with E-state index in [4.69, 9.17) is 8.92 Å². The molecular formula is C43H53N2O6S2+. The Morgan fingerprint density at radius 2 is 1.60 bits per heavy atom. The van der Waals surface area contributed by atoms with Gasteiger partial charge < -0.3 is 9.64 Å². The Hall–Kier alpha value is -3.34. The Morgan fingerprint density at radius 3 is 2.42 bits per heavy atom. The predicted molar refractivity (Wildman–Crippen MR) is 212 cm³/mol. The van der Waals surface area contributed by atoms with Crippen LogP contribution in [-0.4, -0.2) is 61.5 Å². The van der Waals surface area contributed by atoms with Gasteiger partial charge >= 0.3 is 0 Å². The van der Waals surface area contributed by atoms with Gasteiger partial charge in [-0.1, -0.05) is 63.8 Å². The lowest BCUT2D eigenvalue weighted by Crippen LogP contribution is -2.45. The minimum atomic E-state index is -4.11. The molecule has 0 spiro atoms. The van der Waals surface area contributed by atoms with Crippen molar-refractivity contribution < 1.29 is 26.3 Å². The second-order valence-electron chi connectivity index (χ2n) is 15.4. The summed E-state index contributed by atoms with van der Waals surface area (Å²) in [5.41, 5.74) is 9.20. The van der Waals surface area contributed by atoms with Gasteiger partial charge in [0.05, 0.1) is 17.9 Å². The number of benzene rings is 3. The molecule has 0 saturated heterocycles. The van der Waals surface area contributed by atoms with E-state index in [2.05, 4.69) is 28.5 Å². The SMILES string of the molecule is CCCCCCOS(=O)C(C(=O)c1ccccc1C1=c2cc3c4c(c2Oc2c1cc1c5c2CCCN5CCC1)CCC[N+]=4CCC3)S(=O)(=O)CCCC. The van der Waals surface area contributed by atoms with Crippen molar-refractivity contribution in [3.05, 3.63) is 85.9 Å². The summed E-state index contributed by atoms with van der Waals surface area (Å²) >= 11 is -2.36. The molecule has 0 amide bonds. The van der Waals surface area contributed by atoms with Crippen LogP contribution >= 0.6 is 0 Å². The summed E-state index contributed by atoms with van der Waals surface area (Å²) < 4.78 is 55.5. The van der Waals surface area contributed by atoms with E-state index in [9.17, 15) is 17.4 Å². The number of ether oxygens (including phenoxy) is 1. The van der Waals surface area contributed by atoms with Crippen molar-refractivity contribution in [1.82, 2.24) is 4.58 Å². The number of carbonyl (C=O) groups is 1. The highest BCUT2D eigenvalue weighted by Crippen LogP contribution is 2.49. The molecule has 282 valence electrons. The molecule has 2 unspecified atom stereocenters. The Bertz CT molecular complexity index is 2210. The van der Waals surface area contributed by atoms with Gasteiger partial charge in [-0.2, -0.15) is 0 Å². The molecule has 0 N–H and O–H groups in total. The molecule has 53 heavy (non-hydrogen) atoms. The topological polar surface area (TPSA) is 93.0 Å². The van der Waals surface area contributed by atoms with E-state index in [0.717, 1.165) is 125 Å². The fourth-order valence-corrected chi connectivity index (χ4v) is 12.9. The fourth-order valence-electron chi connectivity index (χ4n) is 9.40. The van der Waals surface area contributed by atoms with Crippen LogP contribution in [0.1, 0.15) is 122 Å². The summed E-state index contributed by atoms with van der Waals surface area (Å²) in [6.07, 6.45) is 12.7. The summed E-state index contributed by atoms with van der Waals surface area (Å²) in [4.78, 5) is 17.4. The molecule has 0 bridgehead atoms. The monoisotopic (exact) mass is 757 g/mol. The first-order valence-electron chi connectivity index (χ1n) is 20.1. The zero-order chi connectivity index (χ0) is 36.7. The zero-order valence-electron chi connectivity index (χ0n) is 31.3. The van der Waals surface area contributed by atoms with Crippen molar-refractivity contribution in [2.45, 2.75) is 108 Å². The lowest BCUT2D eigenvalue weighted by atomic mass is 9.81. The summed E-state index contributed by atoms with van der Waals surface area (Å²) in [5.74, 6) is 0.855.